The lowest BCUT2D eigenvalue weighted by atomic mass is 9.78. The number of nitrogens with zero attached hydrogens (tertiary/aromatic N) is 2. The molecule has 5 nitrogen and oxygen atoms in total. The number of benzene rings is 2. The summed E-state index contributed by atoms with van der Waals surface area (Å²) in [5.74, 6) is -0.129. The number of carbonyl (C=O) groups is 1. The van der Waals surface area contributed by atoms with Crippen molar-refractivity contribution in [2.24, 2.45) is 4.99 Å². The summed E-state index contributed by atoms with van der Waals surface area (Å²) in [6.45, 7) is 0. The summed E-state index contributed by atoms with van der Waals surface area (Å²) in [6, 6.07) is 16.4. The number of hydrogen-bond donors (Lipinski definition) is 2. The zero-order valence-corrected chi connectivity index (χ0v) is 12.1. The Morgan fingerprint density at radius 3 is 2.43 bits per heavy atom. The Kier molecular flexibility index (Phi) is 4.27. The van der Waals surface area contributed by atoms with Crippen molar-refractivity contribution in [3.05, 3.63) is 71.9 Å². The standard InChI is InChI=1S/C9H8BNO2.C8H5NO/c12-10(13)8-5-6-11-9-4-2-1-3-7(8)9;10-8-7-4-2-1-3-6(7)5-9-8/h1-6,12-13H;1-5H. The van der Waals surface area contributed by atoms with Crippen molar-refractivity contribution in [3.8, 4) is 0 Å². The lowest BCUT2D eigenvalue weighted by Gasteiger charge is -2.03. The molecule has 1 aliphatic heterocycles. The van der Waals surface area contributed by atoms with Gasteiger partial charge in [-0.05, 0) is 29.0 Å². The number of aliphatic imine (C=N–C) groups is 1. The maximum absolute atomic E-state index is 10.9. The maximum atomic E-state index is 10.9. The minimum atomic E-state index is -1.44. The second-order valence-corrected chi connectivity index (χ2v) is 4.94. The number of rotatable bonds is 1. The van der Waals surface area contributed by atoms with Crippen LogP contribution in [0.2, 0.25) is 0 Å². The van der Waals surface area contributed by atoms with Gasteiger partial charge in [0, 0.05) is 18.0 Å². The fourth-order valence-corrected chi connectivity index (χ4v) is 2.35. The van der Waals surface area contributed by atoms with Crippen LogP contribution in [0, 0.1) is 0 Å². The van der Waals surface area contributed by atoms with E-state index in [0.29, 0.717) is 11.0 Å². The van der Waals surface area contributed by atoms with Gasteiger partial charge in [0.05, 0.1) is 11.1 Å². The number of pyridine rings is 1. The van der Waals surface area contributed by atoms with E-state index < -0.39 is 7.12 Å². The minimum absolute atomic E-state index is 0.129. The lowest BCUT2D eigenvalue weighted by Crippen LogP contribution is -2.30. The van der Waals surface area contributed by atoms with Gasteiger partial charge >= 0.3 is 7.12 Å². The summed E-state index contributed by atoms with van der Waals surface area (Å²) in [4.78, 5) is 18.6. The highest BCUT2D eigenvalue weighted by molar-refractivity contribution is 6.61. The molecule has 1 aromatic heterocycles. The van der Waals surface area contributed by atoms with Gasteiger partial charge in [-0.1, -0.05) is 36.4 Å². The van der Waals surface area contributed by atoms with Crippen molar-refractivity contribution in [3.63, 3.8) is 0 Å². The Hall–Kier alpha value is -2.83. The van der Waals surface area contributed by atoms with Gasteiger partial charge in [-0.25, -0.2) is 4.99 Å². The molecule has 0 radical (unpaired) electrons. The first kappa shape index (κ1) is 15.1. The van der Waals surface area contributed by atoms with Crippen LogP contribution in [0.15, 0.2) is 65.8 Å². The highest BCUT2D eigenvalue weighted by atomic mass is 16.4. The van der Waals surface area contributed by atoms with Crippen molar-refractivity contribution in [2.45, 2.75) is 0 Å². The Balaban J connectivity index is 0.000000140. The molecule has 2 heterocycles. The Morgan fingerprint density at radius 2 is 1.65 bits per heavy atom. The molecule has 23 heavy (non-hydrogen) atoms. The van der Waals surface area contributed by atoms with Crippen LogP contribution in [-0.4, -0.2) is 34.3 Å². The van der Waals surface area contributed by atoms with E-state index in [1.165, 1.54) is 0 Å². The summed E-state index contributed by atoms with van der Waals surface area (Å²) >= 11 is 0. The molecule has 2 N–H and O–H groups in total. The van der Waals surface area contributed by atoms with Crippen molar-refractivity contribution in [1.82, 2.24) is 4.98 Å². The average Bonchev–Trinajstić information content (AvgIpc) is 2.96. The van der Waals surface area contributed by atoms with Crippen molar-refractivity contribution in [1.29, 1.82) is 0 Å². The molecule has 0 aliphatic carbocycles. The monoisotopic (exact) mass is 304 g/mol. The van der Waals surface area contributed by atoms with Gasteiger partial charge in [0.15, 0.2) is 0 Å². The van der Waals surface area contributed by atoms with Gasteiger partial charge in [-0.15, -0.1) is 0 Å². The van der Waals surface area contributed by atoms with Gasteiger partial charge in [0.25, 0.3) is 5.91 Å². The third-order valence-electron chi connectivity index (χ3n) is 3.47. The molecular formula is C17H13BN2O3. The van der Waals surface area contributed by atoms with E-state index in [1.807, 2.05) is 42.5 Å². The maximum Gasteiger partial charge on any atom is 0.489 e. The molecule has 0 saturated carbocycles. The number of hydrogen-bond acceptors (Lipinski definition) is 4. The van der Waals surface area contributed by atoms with Gasteiger partial charge in [0.2, 0.25) is 0 Å². The van der Waals surface area contributed by atoms with Gasteiger partial charge in [-0.2, -0.15) is 0 Å². The fourth-order valence-electron chi connectivity index (χ4n) is 2.35. The number of carbonyl (C=O) groups excluding carboxylic acids is 1. The highest BCUT2D eigenvalue weighted by Gasteiger charge is 2.14. The van der Waals surface area contributed by atoms with E-state index in [2.05, 4.69) is 9.98 Å². The van der Waals surface area contributed by atoms with Crippen LogP contribution in [0.1, 0.15) is 15.9 Å². The highest BCUT2D eigenvalue weighted by Crippen LogP contribution is 2.12. The minimum Gasteiger partial charge on any atom is -0.423 e. The number of amides is 1. The summed E-state index contributed by atoms with van der Waals surface area (Å²) in [7, 11) is -1.44. The quantitative estimate of drug-likeness (QED) is 0.661. The zero-order valence-electron chi connectivity index (χ0n) is 12.1. The van der Waals surface area contributed by atoms with Gasteiger partial charge in [0.1, 0.15) is 0 Å². The third-order valence-corrected chi connectivity index (χ3v) is 3.47. The lowest BCUT2D eigenvalue weighted by molar-refractivity contribution is 0.101. The number of para-hydroxylation sites is 1. The van der Waals surface area contributed by atoms with Gasteiger partial charge < -0.3 is 10.0 Å². The van der Waals surface area contributed by atoms with Crippen LogP contribution in [-0.2, 0) is 0 Å². The summed E-state index contributed by atoms with van der Waals surface area (Å²) < 4.78 is 0. The molecule has 0 unspecified atom stereocenters. The van der Waals surface area contributed by atoms with Crippen LogP contribution in [0.3, 0.4) is 0 Å². The normalized spacial score (nSPS) is 11.8. The van der Waals surface area contributed by atoms with Crippen LogP contribution < -0.4 is 5.46 Å². The number of fused-ring (bicyclic) bond motifs is 2. The van der Waals surface area contributed by atoms with E-state index in [9.17, 15) is 4.79 Å². The predicted molar refractivity (Wildman–Crippen MR) is 89.9 cm³/mol. The van der Waals surface area contributed by atoms with Crippen LogP contribution >= 0.6 is 0 Å². The molecule has 1 aliphatic rings. The molecule has 0 spiro atoms. The third kappa shape index (κ3) is 3.18. The van der Waals surface area contributed by atoms with Crippen LogP contribution in [0.25, 0.3) is 10.9 Å². The van der Waals surface area contributed by atoms with E-state index in [1.54, 1.807) is 24.5 Å². The predicted octanol–water partition coefficient (Wildman–Crippen LogP) is 1.17. The van der Waals surface area contributed by atoms with Gasteiger partial charge in [-0.3, -0.25) is 9.78 Å². The van der Waals surface area contributed by atoms with Crippen LogP contribution in [0.5, 0.6) is 0 Å². The Labute approximate surface area is 133 Å². The topological polar surface area (TPSA) is 82.8 Å². The Bertz CT molecular complexity index is 888. The molecule has 0 saturated heterocycles. The van der Waals surface area contributed by atoms with Crippen molar-refractivity contribution < 1.29 is 14.8 Å². The first-order valence-corrected chi connectivity index (χ1v) is 7.04. The second kappa shape index (κ2) is 6.52. The van der Waals surface area contributed by atoms with Crippen LogP contribution in [0.4, 0.5) is 0 Å². The summed E-state index contributed by atoms with van der Waals surface area (Å²) in [6.07, 6.45) is 3.16. The summed E-state index contributed by atoms with van der Waals surface area (Å²) in [5.41, 5.74) is 2.90. The molecular weight excluding hydrogens is 291 g/mol. The first-order chi connectivity index (χ1) is 11.2. The SMILES string of the molecule is O=C1N=Cc2ccccc21.OB(O)c1ccnc2ccccc12. The average molecular weight is 304 g/mol. The molecule has 3 aromatic rings. The van der Waals surface area contributed by atoms with E-state index in [4.69, 9.17) is 10.0 Å². The molecule has 112 valence electrons. The smallest absolute Gasteiger partial charge is 0.423 e. The first-order valence-electron chi connectivity index (χ1n) is 7.04. The molecule has 6 heteroatoms. The molecule has 1 amide bonds. The second-order valence-electron chi connectivity index (χ2n) is 4.94. The number of aromatic nitrogens is 1. The molecule has 4 rings (SSSR count). The fraction of sp³-hybridized carbons (Fsp3) is 0. The largest absolute Gasteiger partial charge is 0.489 e. The molecule has 2 aromatic carbocycles. The molecule has 0 atom stereocenters. The van der Waals surface area contributed by atoms with E-state index >= 15 is 0 Å². The molecule has 0 bridgehead atoms. The zero-order chi connectivity index (χ0) is 16.2. The summed E-state index contributed by atoms with van der Waals surface area (Å²) in [5, 5.41) is 18.9. The van der Waals surface area contributed by atoms with E-state index in [0.717, 1.165) is 16.5 Å². The van der Waals surface area contributed by atoms with E-state index in [-0.39, 0.29) is 5.91 Å². The Morgan fingerprint density at radius 1 is 0.913 bits per heavy atom. The van der Waals surface area contributed by atoms with Crippen molar-refractivity contribution >= 4 is 35.6 Å². The molecule has 0 fully saturated rings. The van der Waals surface area contributed by atoms with Crippen molar-refractivity contribution in [2.75, 3.05) is 0 Å².